The highest BCUT2D eigenvalue weighted by atomic mass is 35.5. The molecule has 3 aromatic rings. The Balaban J connectivity index is 2.10. The summed E-state index contributed by atoms with van der Waals surface area (Å²) in [5.41, 5.74) is 3.21. The Morgan fingerprint density at radius 3 is 2.89 bits per heavy atom. The van der Waals surface area contributed by atoms with Crippen LogP contribution in [-0.4, -0.2) is 14.8 Å². The van der Waals surface area contributed by atoms with Crippen LogP contribution in [0.5, 0.6) is 0 Å². The summed E-state index contributed by atoms with van der Waals surface area (Å²) >= 11 is 6.05. The molecule has 0 aliphatic carbocycles. The lowest BCUT2D eigenvalue weighted by atomic mass is 10.1. The minimum atomic E-state index is 0.521. The minimum absolute atomic E-state index is 0.521. The van der Waals surface area contributed by atoms with Gasteiger partial charge in [-0.25, -0.2) is 4.98 Å². The van der Waals surface area contributed by atoms with Crippen molar-refractivity contribution >= 4 is 22.5 Å². The van der Waals surface area contributed by atoms with Gasteiger partial charge < -0.3 is 0 Å². The summed E-state index contributed by atoms with van der Waals surface area (Å²) < 4.78 is 1.91. The van der Waals surface area contributed by atoms with Crippen LogP contribution in [0.25, 0.3) is 10.9 Å². The molecule has 4 heteroatoms. The first-order valence-corrected chi connectivity index (χ1v) is 6.13. The van der Waals surface area contributed by atoms with Crippen LogP contribution in [0.3, 0.4) is 0 Å². The summed E-state index contributed by atoms with van der Waals surface area (Å²) in [6.45, 7) is 2.73. The van der Waals surface area contributed by atoms with Gasteiger partial charge >= 0.3 is 0 Å². The van der Waals surface area contributed by atoms with E-state index in [0.29, 0.717) is 11.7 Å². The van der Waals surface area contributed by atoms with E-state index in [9.17, 15) is 0 Å². The molecular formula is C14H12ClN3. The molecule has 0 spiro atoms. The lowest BCUT2D eigenvalue weighted by molar-refractivity contribution is 0.689. The van der Waals surface area contributed by atoms with Crippen LogP contribution in [0, 0.1) is 6.92 Å². The summed E-state index contributed by atoms with van der Waals surface area (Å²) in [5, 5.41) is 5.94. The van der Waals surface area contributed by atoms with Crippen LogP contribution in [0.15, 0.2) is 42.7 Å². The van der Waals surface area contributed by atoms with Gasteiger partial charge in [0.15, 0.2) is 0 Å². The van der Waals surface area contributed by atoms with E-state index >= 15 is 0 Å². The summed E-state index contributed by atoms with van der Waals surface area (Å²) in [6.07, 6.45) is 3.87. The fourth-order valence-corrected chi connectivity index (χ4v) is 2.29. The number of para-hydroxylation sites is 1. The van der Waals surface area contributed by atoms with Gasteiger partial charge in [0.2, 0.25) is 0 Å². The summed E-state index contributed by atoms with van der Waals surface area (Å²) in [7, 11) is 0. The second kappa shape index (κ2) is 4.42. The maximum atomic E-state index is 6.05. The Morgan fingerprint density at radius 1 is 1.28 bits per heavy atom. The van der Waals surface area contributed by atoms with Gasteiger partial charge in [0.05, 0.1) is 18.3 Å². The molecule has 90 valence electrons. The molecular weight excluding hydrogens is 246 g/mol. The maximum absolute atomic E-state index is 6.05. The zero-order chi connectivity index (χ0) is 12.5. The van der Waals surface area contributed by atoms with Crippen LogP contribution in [0.4, 0.5) is 0 Å². The van der Waals surface area contributed by atoms with Crippen molar-refractivity contribution in [2.24, 2.45) is 0 Å². The Hall–Kier alpha value is -1.87. The van der Waals surface area contributed by atoms with Crippen molar-refractivity contribution in [1.82, 2.24) is 14.8 Å². The molecule has 0 saturated carbocycles. The highest BCUT2D eigenvalue weighted by Gasteiger charge is 2.05. The lowest BCUT2D eigenvalue weighted by Gasteiger charge is -2.07. The van der Waals surface area contributed by atoms with Crippen molar-refractivity contribution in [3.05, 3.63) is 59.0 Å². The van der Waals surface area contributed by atoms with Gasteiger partial charge in [0, 0.05) is 11.6 Å². The normalized spacial score (nSPS) is 11.0. The molecule has 2 aromatic heterocycles. The molecule has 1 aromatic carbocycles. The molecule has 0 aliphatic heterocycles. The van der Waals surface area contributed by atoms with E-state index in [4.69, 9.17) is 11.6 Å². The summed E-state index contributed by atoms with van der Waals surface area (Å²) in [4.78, 5) is 4.32. The van der Waals surface area contributed by atoms with Crippen LogP contribution < -0.4 is 0 Å². The van der Waals surface area contributed by atoms with E-state index in [1.165, 1.54) is 0 Å². The van der Waals surface area contributed by atoms with Gasteiger partial charge in [-0.1, -0.05) is 29.8 Å². The Bertz CT molecular complexity index is 703. The lowest BCUT2D eigenvalue weighted by Crippen LogP contribution is -2.01. The van der Waals surface area contributed by atoms with E-state index in [0.717, 1.165) is 22.0 Å². The van der Waals surface area contributed by atoms with Crippen LogP contribution in [0.2, 0.25) is 5.15 Å². The fourth-order valence-electron chi connectivity index (χ4n) is 2.07. The van der Waals surface area contributed by atoms with E-state index in [1.807, 2.05) is 48.3 Å². The largest absolute Gasteiger partial charge is 0.268 e. The molecule has 0 saturated heterocycles. The number of benzene rings is 1. The third-order valence-corrected chi connectivity index (χ3v) is 3.06. The van der Waals surface area contributed by atoms with Crippen LogP contribution >= 0.6 is 11.6 Å². The van der Waals surface area contributed by atoms with Crippen molar-refractivity contribution in [3.63, 3.8) is 0 Å². The van der Waals surface area contributed by atoms with E-state index in [-0.39, 0.29) is 0 Å². The number of pyridine rings is 1. The number of hydrogen-bond donors (Lipinski definition) is 0. The second-order valence-corrected chi connectivity index (χ2v) is 4.72. The monoisotopic (exact) mass is 257 g/mol. The number of fused-ring (bicyclic) bond motifs is 1. The molecule has 0 atom stereocenters. The van der Waals surface area contributed by atoms with E-state index in [2.05, 4.69) is 16.1 Å². The highest BCUT2D eigenvalue weighted by Crippen LogP contribution is 2.21. The first-order chi connectivity index (χ1) is 8.72. The van der Waals surface area contributed by atoms with Crippen molar-refractivity contribution in [2.45, 2.75) is 13.5 Å². The van der Waals surface area contributed by atoms with Gasteiger partial charge in [0.1, 0.15) is 5.15 Å². The molecule has 2 heterocycles. The molecule has 0 fully saturated rings. The Kier molecular flexibility index (Phi) is 2.76. The highest BCUT2D eigenvalue weighted by molar-refractivity contribution is 6.29. The van der Waals surface area contributed by atoms with E-state index in [1.54, 1.807) is 0 Å². The number of rotatable bonds is 2. The van der Waals surface area contributed by atoms with E-state index < -0.39 is 0 Å². The number of halogens is 1. The molecule has 0 bridgehead atoms. The first kappa shape index (κ1) is 11.2. The third-order valence-electron chi connectivity index (χ3n) is 2.87. The second-order valence-electron chi connectivity index (χ2n) is 4.34. The third kappa shape index (κ3) is 2.09. The van der Waals surface area contributed by atoms with Gasteiger partial charge in [0.25, 0.3) is 0 Å². The molecule has 0 unspecified atom stereocenters. The predicted octanol–water partition coefficient (Wildman–Crippen LogP) is 3.44. The minimum Gasteiger partial charge on any atom is -0.268 e. The molecule has 0 aliphatic rings. The molecule has 3 rings (SSSR count). The Morgan fingerprint density at radius 2 is 2.11 bits per heavy atom. The van der Waals surface area contributed by atoms with Crippen LogP contribution in [0.1, 0.15) is 11.1 Å². The van der Waals surface area contributed by atoms with Gasteiger partial charge in [-0.05, 0) is 30.2 Å². The quantitative estimate of drug-likeness (QED) is 0.659. The zero-order valence-corrected chi connectivity index (χ0v) is 10.7. The summed E-state index contributed by atoms with van der Waals surface area (Å²) in [6, 6.07) is 9.91. The van der Waals surface area contributed by atoms with Crippen molar-refractivity contribution in [2.75, 3.05) is 0 Å². The van der Waals surface area contributed by atoms with Gasteiger partial charge in [-0.3, -0.25) is 4.68 Å². The van der Waals surface area contributed by atoms with Gasteiger partial charge in [-0.15, -0.1) is 0 Å². The topological polar surface area (TPSA) is 30.7 Å². The smallest absolute Gasteiger partial charge is 0.130 e. The maximum Gasteiger partial charge on any atom is 0.130 e. The van der Waals surface area contributed by atoms with Crippen molar-refractivity contribution in [3.8, 4) is 0 Å². The first-order valence-electron chi connectivity index (χ1n) is 5.75. The number of aryl methyl sites for hydroxylation is 1. The number of aromatic nitrogens is 3. The zero-order valence-electron chi connectivity index (χ0n) is 9.97. The molecule has 18 heavy (non-hydrogen) atoms. The van der Waals surface area contributed by atoms with Crippen molar-refractivity contribution in [1.29, 1.82) is 0 Å². The number of hydrogen-bond acceptors (Lipinski definition) is 2. The standard InChI is InChI=1S/C14H12ClN3/c1-10-7-16-18(8-10)9-11-6-14(15)17-13-5-3-2-4-12(11)13/h2-8H,9H2,1H3. The molecule has 0 radical (unpaired) electrons. The van der Waals surface area contributed by atoms with Crippen molar-refractivity contribution < 1.29 is 0 Å². The molecule has 0 amide bonds. The Labute approximate surface area is 110 Å². The molecule has 0 N–H and O–H groups in total. The summed E-state index contributed by atoms with van der Waals surface area (Å²) in [5.74, 6) is 0. The average Bonchev–Trinajstić information content (AvgIpc) is 2.74. The van der Waals surface area contributed by atoms with Crippen LogP contribution in [-0.2, 0) is 6.54 Å². The van der Waals surface area contributed by atoms with Gasteiger partial charge in [-0.2, -0.15) is 5.10 Å². The molecule has 3 nitrogen and oxygen atoms in total. The number of nitrogens with zero attached hydrogens (tertiary/aromatic N) is 3. The SMILES string of the molecule is Cc1cnn(Cc2cc(Cl)nc3ccccc23)c1. The predicted molar refractivity (Wildman–Crippen MR) is 72.8 cm³/mol. The average molecular weight is 258 g/mol. The fraction of sp³-hybridized carbons (Fsp3) is 0.143.